The van der Waals surface area contributed by atoms with Crippen LogP contribution in [0.3, 0.4) is 0 Å². The fourth-order valence-electron chi connectivity index (χ4n) is 1.88. The van der Waals surface area contributed by atoms with Gasteiger partial charge in [-0.1, -0.05) is 25.5 Å². The molecule has 0 radical (unpaired) electrons. The zero-order valence-electron chi connectivity index (χ0n) is 12.7. The van der Waals surface area contributed by atoms with E-state index in [1.807, 2.05) is 12.1 Å². The molecule has 2 aromatic rings. The minimum Gasteiger partial charge on any atom is -0.490 e. The average molecular weight is 293 g/mol. The lowest BCUT2D eigenvalue weighted by atomic mass is 10.1. The molecule has 0 bridgehead atoms. The van der Waals surface area contributed by atoms with Crippen molar-refractivity contribution in [3.05, 3.63) is 54.4 Å². The summed E-state index contributed by atoms with van der Waals surface area (Å²) >= 11 is 0. The van der Waals surface area contributed by atoms with Crippen LogP contribution >= 0.6 is 0 Å². The number of benzene rings is 1. The maximum atomic E-state index is 8.78. The Balaban J connectivity index is 1.88. The lowest BCUT2D eigenvalue weighted by molar-refractivity contribution is 0.322. The van der Waals surface area contributed by atoms with Crippen LogP contribution in [-0.4, -0.2) is 16.6 Å². The molecule has 0 saturated heterocycles. The number of hydrogen-bond acceptors (Lipinski definition) is 4. The fraction of sp³-hybridized carbons (Fsp3) is 0.278. The van der Waals surface area contributed by atoms with Crippen molar-refractivity contribution in [3.8, 4) is 23.2 Å². The first-order valence-electron chi connectivity index (χ1n) is 7.44. The number of rotatable bonds is 7. The van der Waals surface area contributed by atoms with E-state index in [9.17, 15) is 0 Å². The Labute approximate surface area is 131 Å². The maximum absolute atomic E-state index is 8.78. The summed E-state index contributed by atoms with van der Waals surface area (Å²) < 4.78 is 5.59. The van der Waals surface area contributed by atoms with Crippen LogP contribution in [0.4, 0.5) is 0 Å². The molecule has 0 spiro atoms. The zero-order valence-corrected chi connectivity index (χ0v) is 12.7. The molecule has 1 aromatic heterocycles. The third-order valence-corrected chi connectivity index (χ3v) is 3.08. The number of unbranched alkanes of at least 4 members (excludes halogenated alkanes) is 1. The van der Waals surface area contributed by atoms with Crippen molar-refractivity contribution < 1.29 is 4.74 Å². The molecule has 0 aliphatic heterocycles. The van der Waals surface area contributed by atoms with Gasteiger partial charge in [-0.3, -0.25) is 0 Å². The summed E-state index contributed by atoms with van der Waals surface area (Å²) in [6, 6.07) is 9.28. The Hall–Kier alpha value is -2.67. The van der Waals surface area contributed by atoms with E-state index < -0.39 is 0 Å². The van der Waals surface area contributed by atoms with Gasteiger partial charge in [0, 0.05) is 5.56 Å². The van der Waals surface area contributed by atoms with Crippen molar-refractivity contribution in [2.24, 2.45) is 0 Å². The standard InChI is InChI=1S/C18H19N3O/c1-2-3-4-5-6-11-22-17-13-20-18(21-14-17)16-9-7-15(12-19)8-10-16/h4-5,7-10,13-14H,2-3,6,11H2,1H3. The highest BCUT2D eigenvalue weighted by Crippen LogP contribution is 2.17. The molecule has 4 nitrogen and oxygen atoms in total. The largest absolute Gasteiger partial charge is 0.490 e. The molecule has 2 rings (SSSR count). The third-order valence-electron chi connectivity index (χ3n) is 3.08. The first-order valence-corrected chi connectivity index (χ1v) is 7.44. The van der Waals surface area contributed by atoms with Gasteiger partial charge in [0.2, 0.25) is 0 Å². The molecule has 1 heterocycles. The molecule has 0 fully saturated rings. The molecule has 4 heteroatoms. The zero-order chi connectivity index (χ0) is 15.6. The molecule has 0 amide bonds. The predicted molar refractivity (Wildman–Crippen MR) is 86.3 cm³/mol. The Morgan fingerprint density at radius 2 is 1.77 bits per heavy atom. The SMILES string of the molecule is CCCC=CCCOc1cnc(-c2ccc(C#N)cc2)nc1. The molecule has 0 atom stereocenters. The van der Waals surface area contributed by atoms with Gasteiger partial charge in [0.15, 0.2) is 11.6 Å². The van der Waals surface area contributed by atoms with Crippen LogP contribution in [-0.2, 0) is 0 Å². The number of hydrogen-bond donors (Lipinski definition) is 0. The van der Waals surface area contributed by atoms with Crippen molar-refractivity contribution in [1.82, 2.24) is 9.97 Å². The van der Waals surface area contributed by atoms with Gasteiger partial charge < -0.3 is 4.74 Å². The third kappa shape index (κ3) is 4.71. The smallest absolute Gasteiger partial charge is 0.159 e. The summed E-state index contributed by atoms with van der Waals surface area (Å²) in [5, 5.41) is 8.78. The summed E-state index contributed by atoms with van der Waals surface area (Å²) in [7, 11) is 0. The number of ether oxygens (including phenoxy) is 1. The fourth-order valence-corrected chi connectivity index (χ4v) is 1.88. The molecule has 22 heavy (non-hydrogen) atoms. The van der Waals surface area contributed by atoms with Crippen molar-refractivity contribution >= 4 is 0 Å². The van der Waals surface area contributed by atoms with Gasteiger partial charge in [-0.2, -0.15) is 5.26 Å². The molecular formula is C18H19N3O. The van der Waals surface area contributed by atoms with Gasteiger partial charge in [-0.05, 0) is 37.1 Å². The molecule has 0 aliphatic rings. The van der Waals surface area contributed by atoms with E-state index in [4.69, 9.17) is 10.00 Å². The second-order valence-corrected chi connectivity index (χ2v) is 4.83. The Morgan fingerprint density at radius 3 is 2.41 bits per heavy atom. The normalized spacial score (nSPS) is 10.5. The van der Waals surface area contributed by atoms with Crippen molar-refractivity contribution in [2.75, 3.05) is 6.61 Å². The van der Waals surface area contributed by atoms with Gasteiger partial charge in [0.1, 0.15) is 0 Å². The van der Waals surface area contributed by atoms with E-state index in [1.54, 1.807) is 24.5 Å². The second-order valence-electron chi connectivity index (χ2n) is 4.83. The van der Waals surface area contributed by atoms with Crippen LogP contribution in [0.1, 0.15) is 31.7 Å². The van der Waals surface area contributed by atoms with Crippen LogP contribution in [0.5, 0.6) is 5.75 Å². The van der Waals surface area contributed by atoms with Crippen LogP contribution in [0.2, 0.25) is 0 Å². The van der Waals surface area contributed by atoms with E-state index in [0.717, 1.165) is 18.4 Å². The lowest BCUT2D eigenvalue weighted by Crippen LogP contribution is -1.97. The van der Waals surface area contributed by atoms with E-state index in [1.165, 1.54) is 6.42 Å². The van der Waals surface area contributed by atoms with Crippen LogP contribution in [0.25, 0.3) is 11.4 Å². The second kappa shape index (κ2) is 8.58. The summed E-state index contributed by atoms with van der Waals surface area (Å²) in [5.74, 6) is 1.29. The van der Waals surface area contributed by atoms with Crippen LogP contribution < -0.4 is 4.74 Å². The molecular weight excluding hydrogens is 274 g/mol. The summed E-state index contributed by atoms with van der Waals surface area (Å²) in [4.78, 5) is 8.59. The van der Waals surface area contributed by atoms with Crippen molar-refractivity contribution in [2.45, 2.75) is 26.2 Å². The van der Waals surface area contributed by atoms with E-state index in [-0.39, 0.29) is 0 Å². The Kier molecular flexibility index (Phi) is 6.13. The highest BCUT2D eigenvalue weighted by atomic mass is 16.5. The van der Waals surface area contributed by atoms with E-state index in [0.29, 0.717) is 23.7 Å². The minimum atomic E-state index is 0.625. The van der Waals surface area contributed by atoms with Crippen LogP contribution in [0, 0.1) is 11.3 Å². The van der Waals surface area contributed by atoms with Crippen molar-refractivity contribution in [1.29, 1.82) is 5.26 Å². The van der Waals surface area contributed by atoms with Crippen LogP contribution in [0.15, 0.2) is 48.8 Å². The monoisotopic (exact) mass is 293 g/mol. The molecule has 0 N–H and O–H groups in total. The maximum Gasteiger partial charge on any atom is 0.159 e. The Bertz CT molecular complexity index is 640. The number of allylic oxidation sites excluding steroid dienone is 1. The topological polar surface area (TPSA) is 58.8 Å². The minimum absolute atomic E-state index is 0.625. The number of aromatic nitrogens is 2. The van der Waals surface area contributed by atoms with Gasteiger partial charge >= 0.3 is 0 Å². The lowest BCUT2D eigenvalue weighted by Gasteiger charge is -2.05. The first kappa shape index (κ1) is 15.7. The molecule has 1 aromatic carbocycles. The van der Waals surface area contributed by atoms with E-state index in [2.05, 4.69) is 35.1 Å². The number of nitriles is 1. The average Bonchev–Trinajstić information content (AvgIpc) is 2.59. The summed E-state index contributed by atoms with van der Waals surface area (Å²) in [5.41, 5.74) is 1.51. The Morgan fingerprint density at radius 1 is 1.09 bits per heavy atom. The van der Waals surface area contributed by atoms with E-state index >= 15 is 0 Å². The highest BCUT2D eigenvalue weighted by molar-refractivity contribution is 5.56. The van der Waals surface area contributed by atoms with Gasteiger partial charge in [-0.25, -0.2) is 9.97 Å². The molecule has 0 saturated carbocycles. The quantitative estimate of drug-likeness (QED) is 0.568. The highest BCUT2D eigenvalue weighted by Gasteiger charge is 2.02. The van der Waals surface area contributed by atoms with Gasteiger partial charge in [-0.15, -0.1) is 0 Å². The van der Waals surface area contributed by atoms with Gasteiger partial charge in [0.05, 0.1) is 30.6 Å². The molecule has 0 aliphatic carbocycles. The summed E-state index contributed by atoms with van der Waals surface area (Å²) in [6.07, 6.45) is 10.8. The molecule has 112 valence electrons. The van der Waals surface area contributed by atoms with Gasteiger partial charge in [0.25, 0.3) is 0 Å². The molecule has 0 unspecified atom stereocenters. The van der Waals surface area contributed by atoms with Crippen molar-refractivity contribution in [3.63, 3.8) is 0 Å². The number of nitrogens with zero attached hydrogens (tertiary/aromatic N) is 3. The first-order chi connectivity index (χ1) is 10.8. The predicted octanol–water partition coefficient (Wildman–Crippen LogP) is 4.14. The summed E-state index contributed by atoms with van der Waals surface area (Å²) in [6.45, 7) is 2.79.